The smallest absolute Gasteiger partial charge is 0.265 e. The maximum Gasteiger partial charge on any atom is 0.265 e. The fourth-order valence-corrected chi connectivity index (χ4v) is 5.20. The van der Waals surface area contributed by atoms with Gasteiger partial charge in [0, 0.05) is 17.0 Å². The van der Waals surface area contributed by atoms with Crippen LogP contribution in [0.3, 0.4) is 0 Å². The molecule has 1 aliphatic heterocycles. The zero-order chi connectivity index (χ0) is 21.1. The van der Waals surface area contributed by atoms with Crippen molar-refractivity contribution in [3.05, 3.63) is 70.6 Å². The number of benzene rings is 2. The third-order valence-electron chi connectivity index (χ3n) is 5.99. The summed E-state index contributed by atoms with van der Waals surface area (Å²) >= 11 is 1.38. The SMILES string of the molecule is Cc1ccc(CN2C(=O)/C(=C/C(=O)N[C@@H]3CCCC[C@H]3C)Sc3ccccc32)cc1. The molecule has 0 bridgehead atoms. The number of hydrogen-bond acceptors (Lipinski definition) is 3. The van der Waals surface area contributed by atoms with Crippen LogP contribution in [0.5, 0.6) is 0 Å². The molecule has 1 fully saturated rings. The lowest BCUT2D eigenvalue weighted by molar-refractivity contribution is -0.119. The van der Waals surface area contributed by atoms with Gasteiger partial charge in [-0.15, -0.1) is 0 Å². The molecule has 5 heteroatoms. The van der Waals surface area contributed by atoms with Crippen molar-refractivity contribution < 1.29 is 9.59 Å². The number of carbonyl (C=O) groups is 2. The van der Waals surface area contributed by atoms with E-state index >= 15 is 0 Å². The lowest BCUT2D eigenvalue weighted by Crippen LogP contribution is -2.41. The minimum Gasteiger partial charge on any atom is -0.350 e. The molecule has 1 saturated carbocycles. The van der Waals surface area contributed by atoms with Crippen LogP contribution >= 0.6 is 11.8 Å². The molecule has 1 heterocycles. The van der Waals surface area contributed by atoms with Gasteiger partial charge in [-0.25, -0.2) is 0 Å². The molecule has 2 amide bonds. The Balaban J connectivity index is 1.57. The first-order valence-corrected chi connectivity index (χ1v) is 11.5. The number of nitrogens with one attached hydrogen (secondary N) is 1. The minimum absolute atomic E-state index is 0.119. The minimum atomic E-state index is -0.167. The van der Waals surface area contributed by atoms with Gasteiger partial charge in [0.1, 0.15) is 0 Å². The van der Waals surface area contributed by atoms with Gasteiger partial charge in [0.2, 0.25) is 5.91 Å². The largest absolute Gasteiger partial charge is 0.350 e. The standard InChI is InChI=1S/C25H28N2O2S/c1-17-11-13-19(14-12-17)16-27-21-9-5-6-10-22(21)30-23(25(27)29)15-24(28)26-20-8-4-3-7-18(20)2/h5-6,9-15,18,20H,3-4,7-8,16H2,1-2H3,(H,26,28)/b23-15-/t18-,20-/m1/s1. The van der Waals surface area contributed by atoms with Gasteiger partial charge in [-0.05, 0) is 43.4 Å². The van der Waals surface area contributed by atoms with E-state index in [1.54, 1.807) is 4.90 Å². The molecule has 2 atom stereocenters. The summed E-state index contributed by atoms with van der Waals surface area (Å²) in [7, 11) is 0. The average molecular weight is 421 g/mol. The number of fused-ring (bicyclic) bond motifs is 1. The first-order chi connectivity index (χ1) is 14.5. The molecule has 0 unspecified atom stereocenters. The van der Waals surface area contributed by atoms with Crippen molar-refractivity contribution in [2.24, 2.45) is 5.92 Å². The van der Waals surface area contributed by atoms with E-state index in [9.17, 15) is 9.59 Å². The summed E-state index contributed by atoms with van der Waals surface area (Å²) in [6.07, 6.45) is 6.03. The molecule has 1 N–H and O–H groups in total. The molecule has 0 saturated heterocycles. The van der Waals surface area contributed by atoms with Crippen LogP contribution in [0.2, 0.25) is 0 Å². The highest BCUT2D eigenvalue weighted by molar-refractivity contribution is 8.04. The van der Waals surface area contributed by atoms with Crippen molar-refractivity contribution in [3.8, 4) is 0 Å². The molecule has 1 aliphatic carbocycles. The zero-order valence-electron chi connectivity index (χ0n) is 17.6. The molecule has 0 aromatic heterocycles. The van der Waals surface area contributed by atoms with Crippen LogP contribution in [0, 0.1) is 12.8 Å². The number of carbonyl (C=O) groups excluding carboxylic acids is 2. The maximum absolute atomic E-state index is 13.3. The third-order valence-corrected chi connectivity index (χ3v) is 7.07. The fraction of sp³-hybridized carbons (Fsp3) is 0.360. The lowest BCUT2D eigenvalue weighted by Gasteiger charge is -2.31. The van der Waals surface area contributed by atoms with Gasteiger partial charge in [-0.3, -0.25) is 9.59 Å². The van der Waals surface area contributed by atoms with Crippen LogP contribution in [-0.2, 0) is 16.1 Å². The Morgan fingerprint density at radius 1 is 1.13 bits per heavy atom. The zero-order valence-corrected chi connectivity index (χ0v) is 18.4. The predicted molar refractivity (Wildman–Crippen MR) is 122 cm³/mol. The summed E-state index contributed by atoms with van der Waals surface area (Å²) in [6, 6.07) is 16.3. The van der Waals surface area contributed by atoms with E-state index in [1.165, 1.54) is 29.8 Å². The van der Waals surface area contributed by atoms with E-state index in [1.807, 2.05) is 43.3 Å². The average Bonchev–Trinajstić information content (AvgIpc) is 2.74. The van der Waals surface area contributed by atoms with E-state index < -0.39 is 0 Å². The summed E-state index contributed by atoms with van der Waals surface area (Å²) < 4.78 is 0. The quantitative estimate of drug-likeness (QED) is 0.691. The number of hydrogen-bond donors (Lipinski definition) is 1. The number of para-hydroxylation sites is 1. The molecule has 0 spiro atoms. The Morgan fingerprint density at radius 2 is 1.87 bits per heavy atom. The Morgan fingerprint density at radius 3 is 2.63 bits per heavy atom. The fourth-order valence-electron chi connectivity index (χ4n) is 4.17. The van der Waals surface area contributed by atoms with Gasteiger partial charge in [-0.2, -0.15) is 0 Å². The maximum atomic E-state index is 13.3. The van der Waals surface area contributed by atoms with E-state index in [0.29, 0.717) is 17.4 Å². The van der Waals surface area contributed by atoms with Crippen molar-refractivity contribution >= 4 is 29.3 Å². The molecule has 4 nitrogen and oxygen atoms in total. The van der Waals surface area contributed by atoms with Crippen LogP contribution < -0.4 is 10.2 Å². The van der Waals surface area contributed by atoms with Gasteiger partial charge >= 0.3 is 0 Å². The van der Waals surface area contributed by atoms with Crippen molar-refractivity contribution in [1.82, 2.24) is 5.32 Å². The number of amides is 2. The molecular weight excluding hydrogens is 392 g/mol. The summed E-state index contributed by atoms with van der Waals surface area (Å²) in [5, 5.41) is 3.13. The number of anilines is 1. The van der Waals surface area contributed by atoms with Crippen molar-refractivity contribution in [1.29, 1.82) is 0 Å². The second-order valence-corrected chi connectivity index (χ2v) is 9.42. The normalized spacial score (nSPS) is 22.7. The highest BCUT2D eigenvalue weighted by Gasteiger charge is 2.30. The second kappa shape index (κ2) is 9.09. The van der Waals surface area contributed by atoms with Crippen molar-refractivity contribution in [2.45, 2.75) is 57.0 Å². The highest BCUT2D eigenvalue weighted by Crippen LogP contribution is 2.41. The Hall–Kier alpha value is -2.53. The van der Waals surface area contributed by atoms with E-state index in [-0.39, 0.29) is 17.9 Å². The lowest BCUT2D eigenvalue weighted by atomic mass is 9.86. The summed E-state index contributed by atoms with van der Waals surface area (Å²) in [5.41, 5.74) is 3.15. The summed E-state index contributed by atoms with van der Waals surface area (Å²) in [4.78, 5) is 29.3. The van der Waals surface area contributed by atoms with Gasteiger partial charge in [0.25, 0.3) is 5.91 Å². The molecule has 156 valence electrons. The third kappa shape index (κ3) is 4.62. The van der Waals surface area contributed by atoms with Crippen LogP contribution in [0.25, 0.3) is 0 Å². The molecule has 4 rings (SSSR count). The highest BCUT2D eigenvalue weighted by atomic mass is 32.2. The Kier molecular flexibility index (Phi) is 6.28. The van der Waals surface area contributed by atoms with Crippen LogP contribution in [-0.4, -0.2) is 17.9 Å². The van der Waals surface area contributed by atoms with Gasteiger partial charge in [0.15, 0.2) is 0 Å². The number of nitrogens with zero attached hydrogens (tertiary/aromatic N) is 1. The monoisotopic (exact) mass is 420 g/mol. The molecule has 2 aromatic carbocycles. The van der Waals surface area contributed by atoms with E-state index in [0.717, 1.165) is 35.4 Å². The molecule has 2 aliphatic rings. The summed E-state index contributed by atoms with van der Waals surface area (Å²) in [6.45, 7) is 4.72. The van der Waals surface area contributed by atoms with E-state index in [2.05, 4.69) is 24.4 Å². The molecular formula is C25H28N2O2S. The van der Waals surface area contributed by atoms with Crippen molar-refractivity contribution in [3.63, 3.8) is 0 Å². The summed E-state index contributed by atoms with van der Waals surface area (Å²) in [5.74, 6) is 0.194. The van der Waals surface area contributed by atoms with Gasteiger partial charge < -0.3 is 10.2 Å². The van der Waals surface area contributed by atoms with Crippen LogP contribution in [0.4, 0.5) is 5.69 Å². The molecule has 30 heavy (non-hydrogen) atoms. The van der Waals surface area contributed by atoms with E-state index in [4.69, 9.17) is 0 Å². The second-order valence-electron chi connectivity index (χ2n) is 8.33. The topological polar surface area (TPSA) is 49.4 Å². The molecule has 2 aromatic rings. The molecule has 0 radical (unpaired) electrons. The number of thioether (sulfide) groups is 1. The van der Waals surface area contributed by atoms with Gasteiger partial charge in [0.05, 0.1) is 17.1 Å². The van der Waals surface area contributed by atoms with Crippen LogP contribution in [0.15, 0.2) is 64.4 Å². The first-order valence-electron chi connectivity index (χ1n) is 10.7. The van der Waals surface area contributed by atoms with Crippen LogP contribution in [0.1, 0.15) is 43.7 Å². The van der Waals surface area contributed by atoms with Crippen molar-refractivity contribution in [2.75, 3.05) is 4.90 Å². The van der Waals surface area contributed by atoms with Gasteiger partial charge in [-0.1, -0.05) is 73.5 Å². The predicted octanol–water partition coefficient (Wildman–Crippen LogP) is 5.21. The number of aryl methyl sites for hydroxylation is 1. The first kappa shape index (κ1) is 20.7. The Labute approximate surface area is 182 Å². The number of rotatable bonds is 4. The Bertz CT molecular complexity index is 967.